The van der Waals surface area contributed by atoms with Crippen molar-refractivity contribution in [1.82, 2.24) is 4.90 Å². The van der Waals surface area contributed by atoms with Gasteiger partial charge in [-0.05, 0) is 33.8 Å². The van der Waals surface area contributed by atoms with Gasteiger partial charge in [0.1, 0.15) is 0 Å². The predicted molar refractivity (Wildman–Crippen MR) is 78.2 cm³/mol. The van der Waals surface area contributed by atoms with E-state index < -0.39 is 0 Å². The zero-order valence-electron chi connectivity index (χ0n) is 10.9. The lowest BCUT2D eigenvalue weighted by atomic mass is 10.1. The maximum Gasteiger partial charge on any atom is 0.228 e. The SMILES string of the molecule is COCCN(Cc1sccc1Br)C(=O)[C@H]1CCOC1. The molecule has 0 aromatic carbocycles. The van der Waals surface area contributed by atoms with Crippen LogP contribution in [0.1, 0.15) is 11.3 Å². The average molecular weight is 348 g/mol. The molecule has 1 aliphatic rings. The Morgan fingerprint density at radius 1 is 1.68 bits per heavy atom. The first-order chi connectivity index (χ1) is 9.22. The van der Waals surface area contributed by atoms with Crippen molar-refractivity contribution in [3.05, 3.63) is 20.8 Å². The summed E-state index contributed by atoms with van der Waals surface area (Å²) in [6.45, 7) is 3.06. The fraction of sp³-hybridized carbons (Fsp3) is 0.615. The van der Waals surface area contributed by atoms with Gasteiger partial charge < -0.3 is 14.4 Å². The van der Waals surface area contributed by atoms with E-state index in [-0.39, 0.29) is 11.8 Å². The van der Waals surface area contributed by atoms with Crippen molar-refractivity contribution in [2.24, 2.45) is 5.92 Å². The number of ether oxygens (including phenoxy) is 2. The topological polar surface area (TPSA) is 38.8 Å². The van der Waals surface area contributed by atoms with Crippen LogP contribution < -0.4 is 0 Å². The molecular weight excluding hydrogens is 330 g/mol. The molecule has 0 spiro atoms. The highest BCUT2D eigenvalue weighted by atomic mass is 79.9. The van der Waals surface area contributed by atoms with Gasteiger partial charge in [-0.3, -0.25) is 4.79 Å². The van der Waals surface area contributed by atoms with E-state index in [0.717, 1.165) is 10.9 Å². The van der Waals surface area contributed by atoms with Crippen LogP contribution in [0.25, 0.3) is 0 Å². The van der Waals surface area contributed by atoms with E-state index in [0.29, 0.717) is 32.9 Å². The fourth-order valence-electron chi connectivity index (χ4n) is 2.07. The van der Waals surface area contributed by atoms with Crippen LogP contribution in [-0.4, -0.2) is 44.3 Å². The van der Waals surface area contributed by atoms with Crippen LogP contribution in [0.4, 0.5) is 0 Å². The maximum absolute atomic E-state index is 12.5. The van der Waals surface area contributed by atoms with Crippen LogP contribution in [0.3, 0.4) is 0 Å². The normalized spacial score (nSPS) is 18.7. The zero-order chi connectivity index (χ0) is 13.7. The summed E-state index contributed by atoms with van der Waals surface area (Å²) in [4.78, 5) is 15.5. The number of halogens is 1. The van der Waals surface area contributed by atoms with Gasteiger partial charge in [-0.15, -0.1) is 11.3 Å². The second kappa shape index (κ2) is 7.38. The largest absolute Gasteiger partial charge is 0.383 e. The second-order valence-corrected chi connectivity index (χ2v) is 6.36. The molecule has 1 aliphatic heterocycles. The van der Waals surface area contributed by atoms with E-state index in [4.69, 9.17) is 9.47 Å². The minimum Gasteiger partial charge on any atom is -0.383 e. The molecule has 1 saturated heterocycles. The van der Waals surface area contributed by atoms with Gasteiger partial charge in [0.2, 0.25) is 5.91 Å². The highest BCUT2D eigenvalue weighted by molar-refractivity contribution is 9.10. The molecule has 1 amide bonds. The molecule has 0 unspecified atom stereocenters. The van der Waals surface area contributed by atoms with Crippen LogP contribution >= 0.6 is 27.3 Å². The minimum atomic E-state index is 0.00981. The van der Waals surface area contributed by atoms with Crippen LogP contribution in [-0.2, 0) is 20.8 Å². The number of thiophene rings is 1. The maximum atomic E-state index is 12.5. The van der Waals surface area contributed by atoms with Crippen molar-refractivity contribution >= 4 is 33.2 Å². The Balaban J connectivity index is 2.02. The number of hydrogen-bond acceptors (Lipinski definition) is 4. The first-order valence-corrected chi connectivity index (χ1v) is 7.97. The molecule has 0 N–H and O–H groups in total. The number of methoxy groups -OCH3 is 1. The van der Waals surface area contributed by atoms with Gasteiger partial charge in [-0.25, -0.2) is 0 Å². The summed E-state index contributed by atoms with van der Waals surface area (Å²) in [5.41, 5.74) is 0. The number of nitrogens with zero attached hydrogens (tertiary/aromatic N) is 1. The monoisotopic (exact) mass is 347 g/mol. The lowest BCUT2D eigenvalue weighted by molar-refractivity contribution is -0.136. The molecule has 1 fully saturated rings. The third-order valence-electron chi connectivity index (χ3n) is 3.18. The summed E-state index contributed by atoms with van der Waals surface area (Å²) in [7, 11) is 1.66. The number of carbonyl (C=O) groups excluding carboxylic acids is 1. The molecule has 0 saturated carbocycles. The average Bonchev–Trinajstić information content (AvgIpc) is 3.05. The summed E-state index contributed by atoms with van der Waals surface area (Å²) in [6, 6.07) is 2.01. The minimum absolute atomic E-state index is 0.00981. The Morgan fingerprint density at radius 3 is 3.11 bits per heavy atom. The number of carbonyl (C=O) groups is 1. The standard InChI is InChI=1S/C13H18BrNO3S/c1-17-6-4-15(8-12-11(14)3-7-19-12)13(16)10-2-5-18-9-10/h3,7,10H,2,4-6,8-9H2,1H3/t10-/m0/s1. The Hall–Kier alpha value is -0.430. The molecule has 19 heavy (non-hydrogen) atoms. The first-order valence-electron chi connectivity index (χ1n) is 6.29. The number of amides is 1. The predicted octanol–water partition coefficient (Wildman–Crippen LogP) is 2.52. The molecule has 4 nitrogen and oxygen atoms in total. The molecule has 6 heteroatoms. The summed E-state index contributed by atoms with van der Waals surface area (Å²) in [5, 5.41) is 2.02. The smallest absolute Gasteiger partial charge is 0.228 e. The summed E-state index contributed by atoms with van der Waals surface area (Å²) >= 11 is 5.17. The molecule has 0 radical (unpaired) electrons. The highest BCUT2D eigenvalue weighted by Crippen LogP contribution is 2.25. The van der Waals surface area contributed by atoms with Gasteiger partial charge in [-0.2, -0.15) is 0 Å². The van der Waals surface area contributed by atoms with E-state index in [1.807, 2.05) is 16.3 Å². The molecule has 1 aromatic rings. The van der Waals surface area contributed by atoms with E-state index in [2.05, 4.69) is 15.9 Å². The second-order valence-electron chi connectivity index (χ2n) is 4.50. The van der Waals surface area contributed by atoms with Gasteiger partial charge in [0.15, 0.2) is 0 Å². The van der Waals surface area contributed by atoms with Crippen LogP contribution in [0.2, 0.25) is 0 Å². The molecule has 2 heterocycles. The molecule has 106 valence electrons. The van der Waals surface area contributed by atoms with Crippen molar-refractivity contribution in [2.45, 2.75) is 13.0 Å². The molecule has 1 atom stereocenters. The Labute approximate surface area is 125 Å². The lowest BCUT2D eigenvalue weighted by Crippen LogP contribution is -2.38. The van der Waals surface area contributed by atoms with Crippen molar-refractivity contribution in [2.75, 3.05) is 33.5 Å². The van der Waals surface area contributed by atoms with Crippen molar-refractivity contribution < 1.29 is 14.3 Å². The quantitative estimate of drug-likeness (QED) is 0.793. The van der Waals surface area contributed by atoms with E-state index in [1.54, 1.807) is 18.4 Å². The Morgan fingerprint density at radius 2 is 2.53 bits per heavy atom. The molecule has 0 aliphatic carbocycles. The van der Waals surface area contributed by atoms with Gasteiger partial charge >= 0.3 is 0 Å². The molecule has 2 rings (SSSR count). The van der Waals surface area contributed by atoms with Gasteiger partial charge in [0.05, 0.1) is 25.7 Å². The van der Waals surface area contributed by atoms with E-state index in [1.165, 1.54) is 4.88 Å². The van der Waals surface area contributed by atoms with Crippen LogP contribution in [0.5, 0.6) is 0 Å². The third kappa shape index (κ3) is 4.02. The van der Waals surface area contributed by atoms with E-state index in [9.17, 15) is 4.79 Å². The molecule has 0 bridgehead atoms. The Kier molecular flexibility index (Phi) is 5.81. The van der Waals surface area contributed by atoms with Crippen molar-refractivity contribution in [1.29, 1.82) is 0 Å². The van der Waals surface area contributed by atoms with Crippen molar-refractivity contribution in [3.8, 4) is 0 Å². The van der Waals surface area contributed by atoms with Crippen molar-refractivity contribution in [3.63, 3.8) is 0 Å². The van der Waals surface area contributed by atoms with E-state index >= 15 is 0 Å². The number of hydrogen-bond donors (Lipinski definition) is 0. The fourth-order valence-corrected chi connectivity index (χ4v) is 3.56. The van der Waals surface area contributed by atoms with Gasteiger partial charge in [0, 0.05) is 29.6 Å². The summed E-state index contributed by atoms with van der Waals surface area (Å²) in [5.74, 6) is 0.186. The zero-order valence-corrected chi connectivity index (χ0v) is 13.3. The van der Waals surface area contributed by atoms with Crippen LogP contribution in [0.15, 0.2) is 15.9 Å². The lowest BCUT2D eigenvalue weighted by Gasteiger charge is -2.24. The first kappa shape index (κ1) is 15.0. The summed E-state index contributed by atoms with van der Waals surface area (Å²) in [6.07, 6.45) is 0.827. The third-order valence-corrected chi connectivity index (χ3v) is 5.09. The molecule has 1 aromatic heterocycles. The highest BCUT2D eigenvalue weighted by Gasteiger charge is 2.28. The van der Waals surface area contributed by atoms with Gasteiger partial charge in [0.25, 0.3) is 0 Å². The summed E-state index contributed by atoms with van der Waals surface area (Å²) < 4.78 is 11.5. The van der Waals surface area contributed by atoms with Gasteiger partial charge in [-0.1, -0.05) is 0 Å². The van der Waals surface area contributed by atoms with Crippen LogP contribution in [0, 0.1) is 5.92 Å². The number of rotatable bonds is 6. The Bertz CT molecular complexity index is 418. The molecular formula is C13H18BrNO3S.